The van der Waals surface area contributed by atoms with E-state index in [0.717, 1.165) is 18.2 Å². The normalized spacial score (nSPS) is 29.1. The lowest BCUT2D eigenvalue weighted by atomic mass is 10.1. The van der Waals surface area contributed by atoms with E-state index >= 15 is 0 Å². The summed E-state index contributed by atoms with van der Waals surface area (Å²) in [7, 11) is 0. The summed E-state index contributed by atoms with van der Waals surface area (Å²) in [5.74, 6) is 0.170. The number of rotatable bonds is 1. The topological polar surface area (TPSA) is 65.1 Å². The molecule has 14 heavy (non-hydrogen) atoms. The van der Waals surface area contributed by atoms with Crippen LogP contribution < -0.4 is 5.73 Å². The average molecular weight is 196 g/mol. The van der Waals surface area contributed by atoms with E-state index in [4.69, 9.17) is 10.9 Å². The molecule has 5 heteroatoms. The number of guanidine groups is 1. The predicted octanol–water partition coefficient (Wildman–Crippen LogP) is 0.332. The second kappa shape index (κ2) is 3.98. The number of piperidine rings is 1. The van der Waals surface area contributed by atoms with Crippen LogP contribution >= 0.6 is 0 Å². The minimum Gasteiger partial charge on any atom is -0.368 e. The molecule has 2 heterocycles. The van der Waals surface area contributed by atoms with E-state index in [-0.39, 0.29) is 12.1 Å². The van der Waals surface area contributed by atoms with E-state index in [1.165, 1.54) is 19.3 Å². The Balaban J connectivity index is 2.01. The monoisotopic (exact) mass is 196 g/mol. The first-order valence-corrected chi connectivity index (χ1v) is 5.01. The van der Waals surface area contributed by atoms with Crippen LogP contribution in [-0.2, 0) is 0 Å². The average Bonchev–Trinajstić information content (AvgIpc) is 2.23. The number of hydroxylamine groups is 2. The molecule has 0 saturated carbocycles. The fraction of sp³-hybridized carbons (Fsp3) is 0.667. The molecule has 0 amide bonds. The quantitative estimate of drug-likeness (QED) is 0.634. The van der Waals surface area contributed by atoms with Crippen molar-refractivity contribution in [1.29, 1.82) is 0 Å². The summed E-state index contributed by atoms with van der Waals surface area (Å²) in [6.45, 7) is 2.13. The number of hydrogen-bond donors (Lipinski definition) is 2. The molecule has 1 atom stereocenters. The largest absolute Gasteiger partial charge is 0.368 e. The van der Waals surface area contributed by atoms with Gasteiger partial charge in [-0.3, -0.25) is 10.1 Å². The van der Waals surface area contributed by atoms with Crippen LogP contribution in [0.25, 0.3) is 0 Å². The number of aliphatic imine (C=N–C) groups is 1. The van der Waals surface area contributed by atoms with Gasteiger partial charge in [0.1, 0.15) is 6.17 Å². The molecular formula is C9H16N4O. The molecule has 5 nitrogen and oxygen atoms in total. The minimum atomic E-state index is 0.0127. The molecule has 1 saturated heterocycles. The first-order valence-electron chi connectivity index (χ1n) is 5.01. The SMILES string of the molecule is NC1=NC(N2CCCCC2)C=CN1O. The van der Waals surface area contributed by atoms with Gasteiger partial charge in [-0.05, 0) is 18.9 Å². The van der Waals surface area contributed by atoms with E-state index < -0.39 is 0 Å². The highest BCUT2D eigenvalue weighted by Crippen LogP contribution is 2.15. The van der Waals surface area contributed by atoms with Crippen LogP contribution in [0.1, 0.15) is 19.3 Å². The molecule has 1 unspecified atom stereocenters. The third-order valence-corrected chi connectivity index (χ3v) is 2.66. The molecule has 0 aromatic heterocycles. The lowest BCUT2D eigenvalue weighted by Crippen LogP contribution is -2.43. The van der Waals surface area contributed by atoms with Gasteiger partial charge in [-0.25, -0.2) is 4.99 Å². The van der Waals surface area contributed by atoms with Crippen LogP contribution in [0.5, 0.6) is 0 Å². The zero-order valence-corrected chi connectivity index (χ0v) is 8.13. The molecule has 3 N–H and O–H groups in total. The molecule has 0 aliphatic carbocycles. The Kier molecular flexibility index (Phi) is 2.69. The molecule has 2 rings (SSSR count). The predicted molar refractivity (Wildman–Crippen MR) is 53.6 cm³/mol. The number of likely N-dealkylation sites (tertiary alicyclic amines) is 1. The van der Waals surface area contributed by atoms with Gasteiger partial charge in [0.25, 0.3) is 0 Å². The van der Waals surface area contributed by atoms with Gasteiger partial charge in [0, 0.05) is 19.3 Å². The summed E-state index contributed by atoms with van der Waals surface area (Å²) >= 11 is 0. The van der Waals surface area contributed by atoms with Crippen molar-refractivity contribution in [1.82, 2.24) is 9.96 Å². The molecule has 2 aliphatic rings. The van der Waals surface area contributed by atoms with Crippen LogP contribution in [-0.4, -0.2) is 40.4 Å². The smallest absolute Gasteiger partial charge is 0.221 e. The van der Waals surface area contributed by atoms with Gasteiger partial charge >= 0.3 is 0 Å². The fourth-order valence-corrected chi connectivity index (χ4v) is 1.86. The first kappa shape index (κ1) is 9.48. The van der Waals surface area contributed by atoms with Crippen LogP contribution in [0.15, 0.2) is 17.3 Å². The van der Waals surface area contributed by atoms with Crippen LogP contribution in [0.3, 0.4) is 0 Å². The van der Waals surface area contributed by atoms with Crippen molar-refractivity contribution < 1.29 is 5.21 Å². The maximum absolute atomic E-state index is 9.17. The lowest BCUT2D eigenvalue weighted by molar-refractivity contribution is 0.0297. The second-order valence-electron chi connectivity index (χ2n) is 3.68. The van der Waals surface area contributed by atoms with Crippen molar-refractivity contribution in [3.63, 3.8) is 0 Å². The maximum atomic E-state index is 9.17. The zero-order valence-electron chi connectivity index (χ0n) is 8.13. The summed E-state index contributed by atoms with van der Waals surface area (Å²) in [5.41, 5.74) is 5.52. The molecule has 2 aliphatic heterocycles. The van der Waals surface area contributed by atoms with Crippen molar-refractivity contribution in [2.45, 2.75) is 25.4 Å². The number of hydrogen-bond acceptors (Lipinski definition) is 5. The molecule has 0 aromatic rings. The van der Waals surface area contributed by atoms with E-state index in [1.807, 2.05) is 6.08 Å². The summed E-state index contributed by atoms with van der Waals surface area (Å²) < 4.78 is 0. The fourth-order valence-electron chi connectivity index (χ4n) is 1.86. The van der Waals surface area contributed by atoms with Gasteiger partial charge in [-0.1, -0.05) is 6.42 Å². The van der Waals surface area contributed by atoms with Gasteiger partial charge in [-0.2, -0.15) is 5.06 Å². The maximum Gasteiger partial charge on any atom is 0.221 e. The van der Waals surface area contributed by atoms with E-state index in [1.54, 1.807) is 6.20 Å². The van der Waals surface area contributed by atoms with E-state index in [9.17, 15) is 0 Å². The third-order valence-electron chi connectivity index (χ3n) is 2.66. The summed E-state index contributed by atoms with van der Waals surface area (Å²) in [5, 5.41) is 10.0. The van der Waals surface area contributed by atoms with Crippen molar-refractivity contribution in [2.75, 3.05) is 13.1 Å². The van der Waals surface area contributed by atoms with Crippen molar-refractivity contribution >= 4 is 5.96 Å². The highest BCUT2D eigenvalue weighted by Gasteiger charge is 2.21. The Morgan fingerprint density at radius 3 is 2.71 bits per heavy atom. The highest BCUT2D eigenvalue weighted by molar-refractivity contribution is 5.78. The molecule has 0 bridgehead atoms. The Morgan fingerprint density at radius 1 is 1.36 bits per heavy atom. The van der Waals surface area contributed by atoms with E-state index in [0.29, 0.717) is 0 Å². The molecule has 78 valence electrons. The molecular weight excluding hydrogens is 180 g/mol. The van der Waals surface area contributed by atoms with Crippen molar-refractivity contribution in [3.8, 4) is 0 Å². The van der Waals surface area contributed by atoms with Gasteiger partial charge < -0.3 is 5.73 Å². The van der Waals surface area contributed by atoms with Crippen molar-refractivity contribution in [2.24, 2.45) is 10.7 Å². The van der Waals surface area contributed by atoms with Crippen molar-refractivity contribution in [3.05, 3.63) is 12.3 Å². The van der Waals surface area contributed by atoms with Gasteiger partial charge in [0.15, 0.2) is 0 Å². The van der Waals surface area contributed by atoms with Gasteiger partial charge in [0.05, 0.1) is 0 Å². The zero-order chi connectivity index (χ0) is 9.97. The van der Waals surface area contributed by atoms with Crippen LogP contribution in [0, 0.1) is 0 Å². The highest BCUT2D eigenvalue weighted by atomic mass is 16.5. The van der Waals surface area contributed by atoms with E-state index in [2.05, 4.69) is 9.89 Å². The number of nitrogens with two attached hydrogens (primary N) is 1. The molecule has 0 spiro atoms. The Labute approximate surface area is 83.5 Å². The van der Waals surface area contributed by atoms with Gasteiger partial charge in [0.2, 0.25) is 5.96 Å². The van der Waals surface area contributed by atoms with Gasteiger partial charge in [-0.15, -0.1) is 0 Å². The first-order chi connectivity index (χ1) is 6.77. The molecule has 0 radical (unpaired) electrons. The second-order valence-corrected chi connectivity index (χ2v) is 3.68. The lowest BCUT2D eigenvalue weighted by Gasteiger charge is -2.32. The summed E-state index contributed by atoms with van der Waals surface area (Å²) in [6, 6.07) is 0. The Hall–Kier alpha value is -1.07. The summed E-state index contributed by atoms with van der Waals surface area (Å²) in [4.78, 5) is 6.47. The Morgan fingerprint density at radius 2 is 2.07 bits per heavy atom. The Bertz CT molecular complexity index is 258. The number of nitrogens with zero attached hydrogens (tertiary/aromatic N) is 3. The molecule has 1 fully saturated rings. The molecule has 0 aromatic carbocycles. The minimum absolute atomic E-state index is 0.0127. The third kappa shape index (κ3) is 1.88. The summed E-state index contributed by atoms with van der Waals surface area (Å²) in [6.07, 6.45) is 7.19. The van der Waals surface area contributed by atoms with Crippen LogP contribution in [0.4, 0.5) is 0 Å². The van der Waals surface area contributed by atoms with Crippen LogP contribution in [0.2, 0.25) is 0 Å². The standard InChI is InChI=1S/C9H16N4O/c10-9-11-8(4-7-13(9)14)12-5-2-1-3-6-12/h4,7-8,14H,1-3,5-6H2,(H2,10,11).